The van der Waals surface area contributed by atoms with E-state index in [1.165, 1.54) is 35.2 Å². The van der Waals surface area contributed by atoms with E-state index in [1.807, 2.05) is 12.3 Å². The molecule has 1 aromatic carbocycles. The van der Waals surface area contributed by atoms with Crippen molar-refractivity contribution in [1.29, 1.82) is 0 Å². The van der Waals surface area contributed by atoms with Crippen LogP contribution in [-0.2, 0) is 4.79 Å². The van der Waals surface area contributed by atoms with Gasteiger partial charge in [-0.1, -0.05) is 23.9 Å². The van der Waals surface area contributed by atoms with E-state index in [1.54, 1.807) is 19.1 Å². The molecule has 0 spiro atoms. The number of hydrogen-bond donors (Lipinski definition) is 1. The highest BCUT2D eigenvalue weighted by atomic mass is 32.2. The van der Waals surface area contributed by atoms with Crippen LogP contribution in [0.4, 0.5) is 14.5 Å². The van der Waals surface area contributed by atoms with Crippen LogP contribution < -0.4 is 10.1 Å². The van der Waals surface area contributed by atoms with Gasteiger partial charge in [-0.15, -0.1) is 11.3 Å². The highest BCUT2D eigenvalue weighted by Crippen LogP contribution is 2.29. The van der Waals surface area contributed by atoms with E-state index >= 15 is 0 Å². The van der Waals surface area contributed by atoms with Gasteiger partial charge in [-0.05, 0) is 26.0 Å². The fraction of sp³-hybridized carbons (Fsp3) is 0.286. The molecule has 1 atom stereocenters. The molecule has 1 heterocycles. The van der Waals surface area contributed by atoms with Crippen molar-refractivity contribution >= 4 is 34.7 Å². The lowest BCUT2D eigenvalue weighted by molar-refractivity contribution is -0.115. The number of anilines is 1. The number of thioether (sulfide) groups is 1. The van der Waals surface area contributed by atoms with Crippen LogP contribution in [0.15, 0.2) is 34.0 Å². The topological polar surface area (TPSA) is 51.2 Å². The second-order valence-corrected chi connectivity index (χ2v) is 6.82. The highest BCUT2D eigenvalue weighted by molar-refractivity contribution is 8.02. The fourth-order valence-corrected chi connectivity index (χ4v) is 3.58. The number of halogens is 2. The summed E-state index contributed by atoms with van der Waals surface area (Å²) in [6.07, 6.45) is 0. The van der Waals surface area contributed by atoms with Gasteiger partial charge < -0.3 is 10.1 Å². The number of nitrogens with zero attached hydrogens (tertiary/aromatic N) is 1. The Morgan fingerprint density at radius 1 is 1.41 bits per heavy atom. The van der Waals surface area contributed by atoms with Crippen molar-refractivity contribution in [3.05, 3.63) is 35.3 Å². The lowest BCUT2D eigenvalue weighted by Crippen LogP contribution is -2.23. The Balaban J connectivity index is 2.02. The number of amides is 1. The summed E-state index contributed by atoms with van der Waals surface area (Å²) < 4.78 is 29.9. The number of ether oxygens (including phenoxy) is 1. The molecule has 0 saturated carbocycles. The first-order valence-electron chi connectivity index (χ1n) is 6.39. The molecule has 0 aliphatic rings. The Bertz CT molecular complexity index is 649. The number of nitrogens with one attached hydrogen (secondary N) is 1. The van der Waals surface area contributed by atoms with Crippen LogP contribution in [-0.4, -0.2) is 22.8 Å². The van der Waals surface area contributed by atoms with Crippen LogP contribution in [0.2, 0.25) is 0 Å². The van der Waals surface area contributed by atoms with E-state index in [2.05, 4.69) is 15.0 Å². The van der Waals surface area contributed by atoms with Gasteiger partial charge in [-0.2, -0.15) is 8.78 Å². The zero-order chi connectivity index (χ0) is 16.1. The Labute approximate surface area is 134 Å². The smallest absolute Gasteiger partial charge is 0.387 e. The minimum atomic E-state index is -2.94. The van der Waals surface area contributed by atoms with Crippen molar-refractivity contribution in [3.63, 3.8) is 0 Å². The lowest BCUT2D eigenvalue weighted by Gasteiger charge is -2.14. The average molecular weight is 344 g/mol. The van der Waals surface area contributed by atoms with Crippen molar-refractivity contribution in [3.8, 4) is 5.75 Å². The summed E-state index contributed by atoms with van der Waals surface area (Å²) in [5, 5.41) is 4.09. The molecular formula is C14H14F2N2O2S2. The quantitative estimate of drug-likeness (QED) is 0.799. The number of hydrogen-bond acceptors (Lipinski definition) is 5. The molecule has 1 N–H and O–H groups in total. The molecule has 2 rings (SSSR count). The van der Waals surface area contributed by atoms with Crippen molar-refractivity contribution < 1.29 is 18.3 Å². The predicted octanol–water partition coefficient (Wildman–Crippen LogP) is 4.17. The van der Waals surface area contributed by atoms with Gasteiger partial charge in [0.25, 0.3) is 0 Å². The molecule has 0 aliphatic carbocycles. The third kappa shape index (κ3) is 4.67. The third-order valence-corrected chi connectivity index (χ3v) is 4.80. The lowest BCUT2D eigenvalue weighted by atomic mass is 10.3. The van der Waals surface area contributed by atoms with Crippen LogP contribution in [0, 0.1) is 6.92 Å². The van der Waals surface area contributed by atoms with E-state index < -0.39 is 11.9 Å². The summed E-state index contributed by atoms with van der Waals surface area (Å²) in [7, 11) is 0. The normalized spacial score (nSPS) is 12.2. The van der Waals surface area contributed by atoms with Gasteiger partial charge in [0.05, 0.1) is 10.9 Å². The molecule has 1 amide bonds. The van der Waals surface area contributed by atoms with Crippen LogP contribution in [0.3, 0.4) is 0 Å². The monoisotopic (exact) mass is 344 g/mol. The number of aryl methyl sites for hydroxylation is 1. The Hall–Kier alpha value is -1.67. The molecule has 1 aromatic heterocycles. The number of thiazole rings is 1. The van der Waals surface area contributed by atoms with Crippen LogP contribution in [0.5, 0.6) is 5.75 Å². The summed E-state index contributed by atoms with van der Waals surface area (Å²) in [5.74, 6) is -0.365. The fourth-order valence-electron chi connectivity index (χ4n) is 1.59. The molecule has 22 heavy (non-hydrogen) atoms. The molecule has 0 fully saturated rings. The van der Waals surface area contributed by atoms with Crippen molar-refractivity contribution in [1.82, 2.24) is 4.98 Å². The summed E-state index contributed by atoms with van der Waals surface area (Å²) >= 11 is 2.78. The molecule has 0 radical (unpaired) electrons. The zero-order valence-corrected chi connectivity index (χ0v) is 13.5. The van der Waals surface area contributed by atoms with E-state index in [0.29, 0.717) is 0 Å². The van der Waals surface area contributed by atoms with Crippen LogP contribution >= 0.6 is 23.1 Å². The summed E-state index contributed by atoms with van der Waals surface area (Å²) in [5.41, 5.74) is 1.12. The van der Waals surface area contributed by atoms with Gasteiger partial charge in [0.15, 0.2) is 4.34 Å². The maximum atomic E-state index is 12.3. The number of carbonyl (C=O) groups is 1. The average Bonchev–Trinajstić information content (AvgIpc) is 2.85. The van der Waals surface area contributed by atoms with Gasteiger partial charge in [0.1, 0.15) is 5.75 Å². The molecule has 0 bridgehead atoms. The first kappa shape index (κ1) is 16.7. The van der Waals surface area contributed by atoms with Crippen molar-refractivity contribution in [2.75, 3.05) is 5.32 Å². The van der Waals surface area contributed by atoms with Crippen molar-refractivity contribution in [2.24, 2.45) is 0 Å². The van der Waals surface area contributed by atoms with E-state index in [9.17, 15) is 13.6 Å². The van der Waals surface area contributed by atoms with Gasteiger partial charge in [0.2, 0.25) is 5.91 Å². The molecule has 2 aromatic rings. The molecule has 4 nitrogen and oxygen atoms in total. The number of para-hydroxylation sites is 2. The van der Waals surface area contributed by atoms with Gasteiger partial charge >= 0.3 is 6.61 Å². The zero-order valence-electron chi connectivity index (χ0n) is 11.9. The second kappa shape index (κ2) is 7.55. The summed E-state index contributed by atoms with van der Waals surface area (Å²) in [6.45, 7) is 0.666. The first-order valence-corrected chi connectivity index (χ1v) is 8.15. The molecule has 8 heteroatoms. The minimum absolute atomic E-state index is 0.0619. The SMILES string of the molecule is Cc1csc(SC(C)C(=O)Nc2ccccc2OC(F)F)n1. The number of alkyl halides is 2. The highest BCUT2D eigenvalue weighted by Gasteiger charge is 2.18. The largest absolute Gasteiger partial charge is 0.433 e. The maximum Gasteiger partial charge on any atom is 0.387 e. The number of carbonyl (C=O) groups excluding carboxylic acids is 1. The number of rotatable bonds is 6. The third-order valence-electron chi connectivity index (χ3n) is 2.61. The molecule has 0 aliphatic heterocycles. The summed E-state index contributed by atoms with van der Waals surface area (Å²) in [6, 6.07) is 6.09. The van der Waals surface area contributed by atoms with Crippen LogP contribution in [0.25, 0.3) is 0 Å². The van der Waals surface area contributed by atoms with Gasteiger partial charge in [-0.25, -0.2) is 4.98 Å². The Morgan fingerprint density at radius 3 is 2.77 bits per heavy atom. The number of benzene rings is 1. The number of aromatic nitrogens is 1. The first-order chi connectivity index (χ1) is 10.5. The summed E-state index contributed by atoms with van der Waals surface area (Å²) in [4.78, 5) is 16.4. The predicted molar refractivity (Wildman–Crippen MR) is 83.9 cm³/mol. The van der Waals surface area contributed by atoms with E-state index in [-0.39, 0.29) is 17.3 Å². The van der Waals surface area contributed by atoms with Gasteiger partial charge in [-0.3, -0.25) is 4.79 Å². The molecule has 1 unspecified atom stereocenters. The van der Waals surface area contributed by atoms with E-state index in [4.69, 9.17) is 0 Å². The molecular weight excluding hydrogens is 330 g/mol. The Kier molecular flexibility index (Phi) is 5.73. The molecule has 0 saturated heterocycles. The van der Waals surface area contributed by atoms with Crippen molar-refractivity contribution in [2.45, 2.75) is 30.0 Å². The van der Waals surface area contributed by atoms with Crippen LogP contribution in [0.1, 0.15) is 12.6 Å². The second-order valence-electron chi connectivity index (χ2n) is 4.38. The minimum Gasteiger partial charge on any atom is -0.433 e. The van der Waals surface area contributed by atoms with E-state index in [0.717, 1.165) is 10.0 Å². The standard InChI is InChI=1S/C14H14F2N2O2S2/c1-8-7-21-14(17-8)22-9(2)12(19)18-10-5-3-4-6-11(10)20-13(15)16/h3-7,9,13H,1-2H3,(H,18,19). The maximum absolute atomic E-state index is 12.3. The Morgan fingerprint density at radius 2 is 2.14 bits per heavy atom. The van der Waals surface area contributed by atoms with Gasteiger partial charge in [0, 0.05) is 11.1 Å². The molecule has 118 valence electrons.